The molecule has 0 bridgehead atoms. The van der Waals surface area contributed by atoms with Crippen LogP contribution in [0.4, 0.5) is 0 Å². The van der Waals surface area contributed by atoms with Crippen LogP contribution < -0.4 is 18.9 Å². The average Bonchev–Trinajstić information content (AvgIpc) is 1.72. The summed E-state index contributed by atoms with van der Waals surface area (Å²) in [5.74, 6) is 0. The molecule has 7 heavy (non-hydrogen) atoms. The number of allylic oxidation sites excluding steroid dienone is 2. The molecule has 0 atom stereocenters. The molecule has 0 saturated carbocycles. The number of rotatable bonds is 0. The van der Waals surface area contributed by atoms with Crippen LogP contribution in [-0.4, -0.2) is 0 Å². The second kappa shape index (κ2) is 4.50. The third-order valence-corrected chi connectivity index (χ3v) is 1.16. The van der Waals surface area contributed by atoms with E-state index < -0.39 is 0 Å². The van der Waals surface area contributed by atoms with Crippen molar-refractivity contribution in [3.8, 4) is 0 Å². The molecule has 1 rings (SSSR count). The van der Waals surface area contributed by atoms with E-state index in [1.165, 1.54) is 25.7 Å². The van der Waals surface area contributed by atoms with E-state index in [0.29, 0.717) is 0 Å². The van der Waals surface area contributed by atoms with Crippen molar-refractivity contribution in [3.63, 3.8) is 0 Å². The molecule has 0 fully saturated rings. The van der Waals surface area contributed by atoms with Crippen LogP contribution in [-0.2, 0) is 0 Å². The van der Waals surface area contributed by atoms with Gasteiger partial charge in [-0.25, -0.2) is 0 Å². The summed E-state index contributed by atoms with van der Waals surface area (Å²) in [5.41, 5.74) is 0. The molecule has 0 spiro atoms. The fraction of sp³-hybridized carbons (Fsp3) is 0.667. The first kappa shape index (κ1) is 7.34. The summed E-state index contributed by atoms with van der Waals surface area (Å²) in [6, 6.07) is 0. The van der Waals surface area contributed by atoms with Crippen molar-refractivity contribution in [3.05, 3.63) is 12.2 Å². The molecule has 0 amide bonds. The standard InChI is InChI=1S/C6H10.Li.H/c1-2-4-6-5-3-1;;/h1-2H,3-6H2;;/q;+1;-1. The normalized spacial score (nSPS) is 18.3. The molecule has 0 N–H and O–H groups in total. The van der Waals surface area contributed by atoms with Gasteiger partial charge in [0.25, 0.3) is 0 Å². The first-order valence-electron chi connectivity index (χ1n) is 2.65. The fourth-order valence-corrected chi connectivity index (χ4v) is 0.760. The van der Waals surface area contributed by atoms with Crippen molar-refractivity contribution < 1.29 is 20.3 Å². The van der Waals surface area contributed by atoms with Crippen molar-refractivity contribution in [2.24, 2.45) is 0 Å². The minimum atomic E-state index is 0. The summed E-state index contributed by atoms with van der Waals surface area (Å²) < 4.78 is 0. The minimum Gasteiger partial charge on any atom is -1.00 e. The van der Waals surface area contributed by atoms with Crippen LogP contribution in [0.1, 0.15) is 27.1 Å². The second-order valence-corrected chi connectivity index (χ2v) is 1.76. The van der Waals surface area contributed by atoms with E-state index in [1.54, 1.807) is 0 Å². The Morgan fingerprint density at radius 1 is 1.00 bits per heavy atom. The SMILES string of the molecule is C1=CCCCC1.[H-].[Li+]. The Morgan fingerprint density at radius 3 is 1.57 bits per heavy atom. The summed E-state index contributed by atoms with van der Waals surface area (Å²) in [6.45, 7) is 0. The molecule has 0 aromatic rings. The maximum absolute atomic E-state index is 2.27. The maximum atomic E-state index is 2.27. The number of hydrogen-bond donors (Lipinski definition) is 0. The molecule has 0 heterocycles. The molecule has 0 aliphatic heterocycles. The fourth-order valence-electron chi connectivity index (χ4n) is 0.760. The van der Waals surface area contributed by atoms with Gasteiger partial charge in [-0.3, -0.25) is 0 Å². The molecular formula is C6H11Li. The van der Waals surface area contributed by atoms with Gasteiger partial charge < -0.3 is 1.43 Å². The molecule has 0 nitrogen and oxygen atoms in total. The molecule has 0 unspecified atom stereocenters. The first-order valence-corrected chi connectivity index (χ1v) is 2.65. The van der Waals surface area contributed by atoms with E-state index in [9.17, 15) is 0 Å². The van der Waals surface area contributed by atoms with Crippen molar-refractivity contribution in [1.82, 2.24) is 0 Å². The van der Waals surface area contributed by atoms with E-state index in [4.69, 9.17) is 0 Å². The summed E-state index contributed by atoms with van der Waals surface area (Å²) in [4.78, 5) is 0. The molecule has 36 valence electrons. The Balaban J connectivity index is 0. The summed E-state index contributed by atoms with van der Waals surface area (Å²) in [7, 11) is 0. The van der Waals surface area contributed by atoms with Gasteiger partial charge in [0.05, 0.1) is 0 Å². The van der Waals surface area contributed by atoms with Crippen molar-refractivity contribution >= 4 is 0 Å². The molecule has 0 saturated heterocycles. The summed E-state index contributed by atoms with van der Waals surface area (Å²) >= 11 is 0. The quantitative estimate of drug-likeness (QED) is 0.271. The van der Waals surface area contributed by atoms with Crippen LogP contribution in [0, 0.1) is 0 Å². The third kappa shape index (κ3) is 2.97. The zero-order valence-electron chi connectivity index (χ0n) is 5.98. The zero-order chi connectivity index (χ0) is 4.24. The van der Waals surface area contributed by atoms with Gasteiger partial charge in [0.2, 0.25) is 0 Å². The molecule has 0 aromatic heterocycles. The zero-order valence-corrected chi connectivity index (χ0v) is 4.98. The average molecular weight is 90.1 g/mol. The second-order valence-electron chi connectivity index (χ2n) is 1.76. The number of hydrogen-bond acceptors (Lipinski definition) is 0. The molecule has 0 radical (unpaired) electrons. The summed E-state index contributed by atoms with van der Waals surface area (Å²) in [6.07, 6.45) is 10.0. The van der Waals surface area contributed by atoms with Gasteiger partial charge in [0, 0.05) is 0 Å². The van der Waals surface area contributed by atoms with Gasteiger partial charge >= 0.3 is 18.9 Å². The molecular weight excluding hydrogens is 79.0 g/mol. The topological polar surface area (TPSA) is 0 Å². The first-order chi connectivity index (χ1) is 3.00. The van der Waals surface area contributed by atoms with Crippen LogP contribution in [0.5, 0.6) is 0 Å². The van der Waals surface area contributed by atoms with Gasteiger partial charge in [0.1, 0.15) is 0 Å². The van der Waals surface area contributed by atoms with Crippen LogP contribution >= 0.6 is 0 Å². The minimum absolute atomic E-state index is 0. The van der Waals surface area contributed by atoms with Crippen molar-refractivity contribution in [2.45, 2.75) is 25.7 Å². The van der Waals surface area contributed by atoms with Crippen LogP contribution in [0.3, 0.4) is 0 Å². The maximum Gasteiger partial charge on any atom is 1.00 e. The summed E-state index contributed by atoms with van der Waals surface area (Å²) in [5, 5.41) is 0. The van der Waals surface area contributed by atoms with Crippen molar-refractivity contribution in [2.75, 3.05) is 0 Å². The largest absolute Gasteiger partial charge is 1.00 e. The third-order valence-electron chi connectivity index (χ3n) is 1.16. The molecule has 1 aliphatic rings. The van der Waals surface area contributed by atoms with Gasteiger partial charge in [-0.15, -0.1) is 0 Å². The molecule has 1 heteroatoms. The van der Waals surface area contributed by atoms with Crippen LogP contribution in [0.2, 0.25) is 0 Å². The van der Waals surface area contributed by atoms with Gasteiger partial charge in [-0.2, -0.15) is 0 Å². The van der Waals surface area contributed by atoms with E-state index in [0.717, 1.165) is 0 Å². The Morgan fingerprint density at radius 2 is 1.43 bits per heavy atom. The Labute approximate surface area is 58.7 Å². The monoisotopic (exact) mass is 90.1 g/mol. The van der Waals surface area contributed by atoms with Gasteiger partial charge in [-0.05, 0) is 25.7 Å². The van der Waals surface area contributed by atoms with E-state index in [2.05, 4.69) is 12.2 Å². The van der Waals surface area contributed by atoms with E-state index in [-0.39, 0.29) is 20.3 Å². The van der Waals surface area contributed by atoms with Gasteiger partial charge in [-0.1, -0.05) is 12.2 Å². The van der Waals surface area contributed by atoms with Crippen molar-refractivity contribution in [1.29, 1.82) is 0 Å². The predicted octanol–water partition coefficient (Wildman–Crippen LogP) is -0.767. The Bertz CT molecular complexity index is 53.5. The smallest absolute Gasteiger partial charge is 1.00 e. The molecule has 0 aromatic carbocycles. The van der Waals surface area contributed by atoms with E-state index in [1.807, 2.05) is 0 Å². The van der Waals surface area contributed by atoms with Crippen LogP contribution in [0.25, 0.3) is 0 Å². The van der Waals surface area contributed by atoms with E-state index >= 15 is 0 Å². The van der Waals surface area contributed by atoms with Crippen LogP contribution in [0.15, 0.2) is 12.2 Å². The predicted molar refractivity (Wildman–Crippen MR) is 28.7 cm³/mol. The Kier molecular flexibility index (Phi) is 4.71. The Hall–Kier alpha value is 0.337. The van der Waals surface area contributed by atoms with Gasteiger partial charge in [0.15, 0.2) is 0 Å². The molecule has 1 aliphatic carbocycles.